The Labute approximate surface area is 64.9 Å². The molecule has 0 saturated heterocycles. The number of hydrogen-bond donors (Lipinski definition) is 0. The molecule has 0 bridgehead atoms. The van der Waals surface area contributed by atoms with Gasteiger partial charge in [-0.15, -0.1) is 0 Å². The largest absolute Gasteiger partial charge is 0.417 e. The Morgan fingerprint density at radius 1 is 1.08 bits per heavy atom. The van der Waals surface area contributed by atoms with E-state index >= 15 is 0 Å². The van der Waals surface area contributed by atoms with E-state index in [-0.39, 0.29) is 5.36 Å². The molecule has 0 heterocycles. The third-order valence-electron chi connectivity index (χ3n) is 1.28. The van der Waals surface area contributed by atoms with Gasteiger partial charge in [0, 0.05) is 12.1 Å². The minimum absolute atomic E-state index is 0.331. The van der Waals surface area contributed by atoms with Crippen molar-refractivity contribution in [3.05, 3.63) is 54.4 Å². The molecule has 0 aliphatic heterocycles. The van der Waals surface area contributed by atoms with E-state index in [4.69, 9.17) is 11.1 Å². The van der Waals surface area contributed by atoms with Gasteiger partial charge in [0.2, 0.25) is 0 Å². The fourth-order valence-corrected chi connectivity index (χ4v) is 0.716. The Morgan fingerprint density at radius 3 is 2.25 bits per heavy atom. The summed E-state index contributed by atoms with van der Waals surface area (Å²) in [7, 11) is 0. The number of rotatable bonds is 0. The summed E-state index contributed by atoms with van der Waals surface area (Å²) in [6.45, 7) is 0. The Kier molecular flexibility index (Phi) is 1.88. The van der Waals surface area contributed by atoms with Crippen LogP contribution in [-0.2, 0) is 0 Å². The first-order valence-corrected chi connectivity index (χ1v) is 2.92. The minimum atomic E-state index is -0.896. The molecule has 0 radical (unpaired) electrons. The summed E-state index contributed by atoms with van der Waals surface area (Å²) >= 11 is 0. The SMILES string of the molecule is [N-]=[N+]=c1ccc(=O)c(=[N+]=[N-])c1=O. The molecule has 0 fully saturated rings. The van der Waals surface area contributed by atoms with Crippen molar-refractivity contribution < 1.29 is 9.58 Å². The smallest absolute Gasteiger partial charge is 0.361 e. The van der Waals surface area contributed by atoms with Gasteiger partial charge < -0.3 is 11.1 Å². The zero-order valence-corrected chi connectivity index (χ0v) is 5.76. The van der Waals surface area contributed by atoms with Gasteiger partial charge in [0.25, 0.3) is 5.43 Å². The maximum Gasteiger partial charge on any atom is 0.417 e. The van der Waals surface area contributed by atoms with Crippen LogP contribution >= 0.6 is 0 Å². The van der Waals surface area contributed by atoms with Gasteiger partial charge in [-0.2, -0.15) is 9.58 Å². The average Bonchev–Trinajstić information content (AvgIpc) is 2.06. The maximum atomic E-state index is 10.9. The van der Waals surface area contributed by atoms with Gasteiger partial charge in [-0.3, -0.25) is 9.59 Å². The van der Waals surface area contributed by atoms with Crippen LogP contribution in [0.4, 0.5) is 0 Å². The van der Waals surface area contributed by atoms with Gasteiger partial charge in [0.05, 0.1) is 0 Å². The first-order valence-electron chi connectivity index (χ1n) is 2.92. The zero-order valence-electron chi connectivity index (χ0n) is 5.76. The van der Waals surface area contributed by atoms with Crippen LogP contribution in [0.1, 0.15) is 0 Å². The summed E-state index contributed by atoms with van der Waals surface area (Å²) in [6.07, 6.45) is 0. The molecule has 0 aliphatic rings. The van der Waals surface area contributed by atoms with E-state index in [2.05, 4.69) is 9.58 Å². The van der Waals surface area contributed by atoms with E-state index in [0.717, 1.165) is 12.1 Å². The van der Waals surface area contributed by atoms with E-state index in [1.807, 2.05) is 0 Å². The van der Waals surface area contributed by atoms with Crippen LogP contribution < -0.4 is 21.6 Å². The van der Waals surface area contributed by atoms with Crippen molar-refractivity contribution in [2.45, 2.75) is 0 Å². The van der Waals surface area contributed by atoms with Gasteiger partial charge in [-0.25, -0.2) is 0 Å². The van der Waals surface area contributed by atoms with Crippen molar-refractivity contribution in [3.8, 4) is 0 Å². The standard InChI is InChI=1S/C6H2N4O2/c7-9-3-1-2-4(11)5(10-8)6(3)12/h1-2H. The highest BCUT2D eigenvalue weighted by atomic mass is 16.1. The Hall–Kier alpha value is -2.16. The number of hydrogen-bond acceptors (Lipinski definition) is 2. The van der Waals surface area contributed by atoms with E-state index < -0.39 is 16.2 Å². The first-order chi connectivity index (χ1) is 5.70. The van der Waals surface area contributed by atoms with E-state index in [1.54, 1.807) is 0 Å². The summed E-state index contributed by atoms with van der Waals surface area (Å²) in [5.41, 5.74) is 14.8. The number of benzene rings is 1. The molecule has 1 aromatic carbocycles. The van der Waals surface area contributed by atoms with Crippen molar-refractivity contribution in [2.75, 3.05) is 0 Å². The summed E-state index contributed by atoms with van der Waals surface area (Å²) in [5.74, 6) is 0. The van der Waals surface area contributed by atoms with Crippen molar-refractivity contribution in [1.82, 2.24) is 0 Å². The average molecular weight is 162 g/mol. The van der Waals surface area contributed by atoms with Crippen LogP contribution in [0.5, 0.6) is 0 Å². The molecule has 58 valence electrons. The molecule has 1 aromatic rings. The second-order valence-electron chi connectivity index (χ2n) is 1.96. The van der Waals surface area contributed by atoms with Crippen LogP contribution in [0.15, 0.2) is 21.7 Å². The predicted molar refractivity (Wildman–Crippen MR) is 34.9 cm³/mol. The molecule has 0 N–H and O–H groups in total. The summed E-state index contributed by atoms with van der Waals surface area (Å²) in [6, 6.07) is 2.02. The second-order valence-corrected chi connectivity index (χ2v) is 1.96. The van der Waals surface area contributed by atoms with E-state index in [1.165, 1.54) is 0 Å². The summed E-state index contributed by atoms with van der Waals surface area (Å²) < 4.78 is 0. The van der Waals surface area contributed by atoms with Crippen molar-refractivity contribution >= 4 is 0 Å². The minimum Gasteiger partial charge on any atom is -0.361 e. The molecule has 1 rings (SSSR count). The molecule has 0 spiro atoms. The summed E-state index contributed by atoms with van der Waals surface area (Å²) in [5, 5.41) is -0.979. The van der Waals surface area contributed by atoms with Gasteiger partial charge in [0.15, 0.2) is 0 Å². The molecule has 0 aromatic heterocycles. The molecular weight excluding hydrogens is 160 g/mol. The fourth-order valence-electron chi connectivity index (χ4n) is 0.716. The lowest BCUT2D eigenvalue weighted by atomic mass is 10.3. The molecule has 12 heavy (non-hydrogen) atoms. The predicted octanol–water partition coefficient (Wildman–Crippen LogP) is -2.46. The Balaban J connectivity index is 4.25. The highest BCUT2D eigenvalue weighted by Crippen LogP contribution is 1.48. The topological polar surface area (TPSA) is 107 Å². The van der Waals surface area contributed by atoms with Gasteiger partial charge in [0.1, 0.15) is 0 Å². The normalized spacial score (nSPS) is 8.67. The summed E-state index contributed by atoms with van der Waals surface area (Å²) in [4.78, 5) is 26.8. The molecule has 0 aliphatic carbocycles. The third kappa shape index (κ3) is 1.03. The van der Waals surface area contributed by atoms with Gasteiger partial charge >= 0.3 is 16.1 Å². The van der Waals surface area contributed by atoms with Crippen LogP contribution in [0.25, 0.3) is 11.1 Å². The molecule has 0 atom stereocenters. The van der Waals surface area contributed by atoms with E-state index in [9.17, 15) is 9.59 Å². The van der Waals surface area contributed by atoms with Crippen LogP contribution in [-0.4, -0.2) is 9.58 Å². The molecule has 0 amide bonds. The van der Waals surface area contributed by atoms with Gasteiger partial charge in [-0.05, 0) is 0 Å². The van der Waals surface area contributed by atoms with Crippen LogP contribution in [0, 0.1) is 0 Å². The maximum absolute atomic E-state index is 10.9. The molecule has 0 unspecified atom stereocenters. The molecule has 6 heteroatoms. The van der Waals surface area contributed by atoms with Gasteiger partial charge in [-0.1, -0.05) is 0 Å². The zero-order chi connectivity index (χ0) is 9.14. The molecule has 6 nitrogen and oxygen atoms in total. The highest BCUT2D eigenvalue weighted by Gasteiger charge is 2.10. The van der Waals surface area contributed by atoms with Crippen LogP contribution in [0.2, 0.25) is 0 Å². The van der Waals surface area contributed by atoms with Crippen molar-refractivity contribution in [1.29, 1.82) is 0 Å². The van der Waals surface area contributed by atoms with Crippen LogP contribution in [0.3, 0.4) is 0 Å². The lowest BCUT2D eigenvalue weighted by molar-refractivity contribution is -0.0807. The van der Waals surface area contributed by atoms with Crippen molar-refractivity contribution in [3.63, 3.8) is 0 Å². The first kappa shape index (κ1) is 7.94. The van der Waals surface area contributed by atoms with E-state index in [0.29, 0.717) is 0 Å². The van der Waals surface area contributed by atoms with Crippen molar-refractivity contribution in [2.24, 2.45) is 0 Å². The quantitative estimate of drug-likeness (QED) is 0.311. The third-order valence-corrected chi connectivity index (χ3v) is 1.28. The molecular formula is C6H2N4O2. The lowest BCUT2D eigenvalue weighted by Crippen LogP contribution is -2.48. The lowest BCUT2D eigenvalue weighted by Gasteiger charge is -1.66. The monoisotopic (exact) mass is 162 g/mol. The Morgan fingerprint density at radius 2 is 1.75 bits per heavy atom. The molecule has 0 saturated carbocycles. The fraction of sp³-hybridized carbons (Fsp3) is 0. The Bertz CT molecular complexity index is 569. The highest BCUT2D eigenvalue weighted by molar-refractivity contribution is 4.98. The number of nitrogens with zero attached hydrogens (tertiary/aromatic N) is 4. The second kappa shape index (κ2) is 2.84.